The second-order valence-corrected chi connectivity index (χ2v) is 9.11. The SMILES string of the molecule is O=C1NCCCC1NC(=O)C1CN(C(=O)c2cccs2)CCN1C(=O)c1cccs1. The van der Waals surface area contributed by atoms with Crippen LogP contribution in [-0.2, 0) is 9.59 Å². The summed E-state index contributed by atoms with van der Waals surface area (Å²) in [4.78, 5) is 55.3. The molecule has 158 valence electrons. The average molecular weight is 447 g/mol. The third-order valence-corrected chi connectivity index (χ3v) is 7.01. The van der Waals surface area contributed by atoms with Crippen molar-refractivity contribution in [3.63, 3.8) is 0 Å². The van der Waals surface area contributed by atoms with Crippen molar-refractivity contribution in [2.75, 3.05) is 26.2 Å². The second-order valence-electron chi connectivity index (χ2n) is 7.21. The van der Waals surface area contributed by atoms with Crippen molar-refractivity contribution in [3.8, 4) is 0 Å². The zero-order valence-corrected chi connectivity index (χ0v) is 17.8. The summed E-state index contributed by atoms with van der Waals surface area (Å²) in [5, 5.41) is 9.17. The lowest BCUT2D eigenvalue weighted by atomic mass is 10.0. The van der Waals surface area contributed by atoms with Gasteiger partial charge in [0, 0.05) is 19.6 Å². The molecule has 2 aliphatic rings. The number of carbonyl (C=O) groups excluding carboxylic acids is 4. The molecule has 0 bridgehead atoms. The molecule has 0 aromatic carbocycles. The minimum atomic E-state index is -0.855. The van der Waals surface area contributed by atoms with Gasteiger partial charge in [-0.25, -0.2) is 0 Å². The van der Waals surface area contributed by atoms with Crippen molar-refractivity contribution in [2.45, 2.75) is 24.9 Å². The number of rotatable bonds is 4. The van der Waals surface area contributed by atoms with Gasteiger partial charge in [-0.2, -0.15) is 0 Å². The zero-order chi connectivity index (χ0) is 21.1. The van der Waals surface area contributed by atoms with Crippen LogP contribution in [0.2, 0.25) is 0 Å². The van der Waals surface area contributed by atoms with Crippen molar-refractivity contribution in [1.29, 1.82) is 0 Å². The maximum atomic E-state index is 13.1. The fourth-order valence-corrected chi connectivity index (χ4v) is 5.08. The highest BCUT2D eigenvalue weighted by Gasteiger charge is 2.39. The number of hydrogen-bond acceptors (Lipinski definition) is 6. The molecule has 8 nitrogen and oxygen atoms in total. The molecule has 4 heterocycles. The highest BCUT2D eigenvalue weighted by molar-refractivity contribution is 7.12. The zero-order valence-electron chi connectivity index (χ0n) is 16.2. The molecule has 0 radical (unpaired) electrons. The number of nitrogens with one attached hydrogen (secondary N) is 2. The molecule has 2 N–H and O–H groups in total. The minimum Gasteiger partial charge on any atom is -0.354 e. The van der Waals surface area contributed by atoms with Crippen LogP contribution in [0.4, 0.5) is 0 Å². The molecule has 2 fully saturated rings. The fraction of sp³-hybridized carbons (Fsp3) is 0.400. The first-order valence-electron chi connectivity index (χ1n) is 9.80. The minimum absolute atomic E-state index is 0.0913. The van der Waals surface area contributed by atoms with Gasteiger partial charge in [-0.1, -0.05) is 12.1 Å². The quantitative estimate of drug-likeness (QED) is 0.737. The predicted molar refractivity (Wildman–Crippen MR) is 114 cm³/mol. The van der Waals surface area contributed by atoms with Crippen LogP contribution in [0.25, 0.3) is 0 Å². The second kappa shape index (κ2) is 8.97. The molecule has 4 amide bonds. The molecule has 0 aliphatic carbocycles. The van der Waals surface area contributed by atoms with Crippen LogP contribution < -0.4 is 10.6 Å². The maximum Gasteiger partial charge on any atom is 0.264 e. The predicted octanol–water partition coefficient (Wildman–Crippen LogP) is 1.17. The third kappa shape index (κ3) is 4.24. The highest BCUT2D eigenvalue weighted by Crippen LogP contribution is 2.21. The Morgan fingerprint density at radius 3 is 2.37 bits per heavy atom. The van der Waals surface area contributed by atoms with Gasteiger partial charge < -0.3 is 20.4 Å². The van der Waals surface area contributed by atoms with E-state index in [-0.39, 0.29) is 30.8 Å². The van der Waals surface area contributed by atoms with E-state index in [1.165, 1.54) is 27.6 Å². The van der Waals surface area contributed by atoms with Gasteiger partial charge in [0.1, 0.15) is 12.1 Å². The van der Waals surface area contributed by atoms with Crippen LogP contribution in [0.15, 0.2) is 35.0 Å². The summed E-state index contributed by atoms with van der Waals surface area (Å²) in [5.41, 5.74) is 0. The molecule has 2 atom stereocenters. The number of carbonyl (C=O) groups is 4. The number of piperidine rings is 1. The normalized spacial score (nSPS) is 21.8. The first-order chi connectivity index (χ1) is 14.5. The molecule has 2 aromatic heterocycles. The van der Waals surface area contributed by atoms with E-state index in [4.69, 9.17) is 0 Å². The Balaban J connectivity index is 1.54. The fourth-order valence-electron chi connectivity index (χ4n) is 3.71. The van der Waals surface area contributed by atoms with E-state index in [1.807, 2.05) is 10.8 Å². The van der Waals surface area contributed by atoms with Gasteiger partial charge >= 0.3 is 0 Å². The lowest BCUT2D eigenvalue weighted by molar-refractivity contribution is -0.133. The van der Waals surface area contributed by atoms with Crippen LogP contribution in [0.5, 0.6) is 0 Å². The molecule has 2 aromatic rings. The van der Waals surface area contributed by atoms with Crippen molar-refractivity contribution in [1.82, 2.24) is 20.4 Å². The van der Waals surface area contributed by atoms with Gasteiger partial charge in [-0.05, 0) is 35.7 Å². The Morgan fingerprint density at radius 2 is 1.73 bits per heavy atom. The summed E-state index contributed by atoms with van der Waals surface area (Å²) in [6.45, 7) is 1.29. The van der Waals surface area contributed by atoms with Crippen molar-refractivity contribution in [3.05, 3.63) is 44.8 Å². The molecule has 0 spiro atoms. The van der Waals surface area contributed by atoms with Gasteiger partial charge in [0.05, 0.1) is 16.3 Å². The smallest absolute Gasteiger partial charge is 0.264 e. The Bertz CT molecular complexity index is 929. The maximum absolute atomic E-state index is 13.1. The number of amides is 4. The van der Waals surface area contributed by atoms with E-state index >= 15 is 0 Å². The van der Waals surface area contributed by atoms with Crippen LogP contribution in [0, 0.1) is 0 Å². The third-order valence-electron chi connectivity index (χ3n) is 5.30. The topological polar surface area (TPSA) is 98.8 Å². The van der Waals surface area contributed by atoms with Gasteiger partial charge in [0.25, 0.3) is 11.8 Å². The Hall–Kier alpha value is -2.72. The largest absolute Gasteiger partial charge is 0.354 e. The van der Waals surface area contributed by atoms with Crippen molar-refractivity contribution < 1.29 is 19.2 Å². The Morgan fingerprint density at radius 1 is 1.03 bits per heavy atom. The number of hydrogen-bond donors (Lipinski definition) is 2. The number of nitrogens with zero attached hydrogens (tertiary/aromatic N) is 2. The first-order valence-corrected chi connectivity index (χ1v) is 11.6. The molecule has 0 saturated carbocycles. The summed E-state index contributed by atoms with van der Waals surface area (Å²) in [6, 6.07) is 5.59. The molecule has 2 unspecified atom stereocenters. The molecule has 2 saturated heterocycles. The standard InChI is InChI=1S/C20H22N4O4S2/c25-17-13(4-1-7-21-17)22-18(26)14-12-23(19(27)15-5-2-10-29-15)8-9-24(14)20(28)16-6-3-11-30-16/h2-3,5-6,10-11,13-14H,1,4,7-9,12H2,(H,21,25)(H,22,26). The van der Waals surface area contributed by atoms with Crippen LogP contribution in [0.1, 0.15) is 32.2 Å². The first kappa shape index (κ1) is 20.5. The molecular formula is C20H22N4O4S2. The monoisotopic (exact) mass is 446 g/mol. The van der Waals surface area contributed by atoms with E-state index in [9.17, 15) is 19.2 Å². The van der Waals surface area contributed by atoms with Gasteiger partial charge in [0.2, 0.25) is 11.8 Å². The summed E-state index contributed by atoms with van der Waals surface area (Å²) in [5.74, 6) is -1.01. The molecule has 10 heteroatoms. The Kier molecular flexibility index (Phi) is 6.14. The molecule has 2 aliphatic heterocycles. The van der Waals surface area contributed by atoms with Crippen molar-refractivity contribution in [2.24, 2.45) is 0 Å². The van der Waals surface area contributed by atoms with Gasteiger partial charge in [-0.3, -0.25) is 19.2 Å². The van der Waals surface area contributed by atoms with E-state index < -0.39 is 18.0 Å². The summed E-state index contributed by atoms with van der Waals surface area (Å²) in [6.07, 6.45) is 1.34. The highest BCUT2D eigenvalue weighted by atomic mass is 32.1. The van der Waals surface area contributed by atoms with Gasteiger partial charge in [-0.15, -0.1) is 22.7 Å². The summed E-state index contributed by atoms with van der Waals surface area (Å²) < 4.78 is 0. The van der Waals surface area contributed by atoms with Gasteiger partial charge in [0.15, 0.2) is 0 Å². The van der Waals surface area contributed by atoms with Crippen molar-refractivity contribution >= 4 is 46.3 Å². The van der Waals surface area contributed by atoms with Crippen LogP contribution in [-0.4, -0.2) is 71.7 Å². The molecule has 30 heavy (non-hydrogen) atoms. The lowest BCUT2D eigenvalue weighted by Gasteiger charge is -2.40. The van der Waals surface area contributed by atoms with E-state index in [0.29, 0.717) is 29.3 Å². The van der Waals surface area contributed by atoms with E-state index in [0.717, 1.165) is 6.42 Å². The summed E-state index contributed by atoms with van der Waals surface area (Å²) in [7, 11) is 0. The summed E-state index contributed by atoms with van der Waals surface area (Å²) >= 11 is 2.66. The Labute approximate surface area is 181 Å². The number of piperazine rings is 1. The van der Waals surface area contributed by atoms with E-state index in [1.54, 1.807) is 29.2 Å². The lowest BCUT2D eigenvalue weighted by Crippen LogP contribution is -2.63. The van der Waals surface area contributed by atoms with Crippen LogP contribution in [0.3, 0.4) is 0 Å². The number of thiophene rings is 2. The molecule has 4 rings (SSSR count). The molecular weight excluding hydrogens is 424 g/mol. The van der Waals surface area contributed by atoms with E-state index in [2.05, 4.69) is 10.6 Å². The van der Waals surface area contributed by atoms with Crippen LogP contribution >= 0.6 is 22.7 Å². The average Bonchev–Trinajstić information content (AvgIpc) is 3.48.